The van der Waals surface area contributed by atoms with Crippen LogP contribution in [0.2, 0.25) is 5.02 Å². The first-order valence-corrected chi connectivity index (χ1v) is 8.20. The Hall–Kier alpha value is -1.07. The first-order valence-electron chi connectivity index (χ1n) is 7.03. The predicted octanol–water partition coefficient (Wildman–Crippen LogP) is 3.12. The van der Waals surface area contributed by atoms with Crippen LogP contribution in [0.1, 0.15) is 31.7 Å². The fourth-order valence-electron chi connectivity index (χ4n) is 2.39. The summed E-state index contributed by atoms with van der Waals surface area (Å²) in [6, 6.07) is 5.19. The quantitative estimate of drug-likeness (QED) is 0.881. The average molecular weight is 374 g/mol. The Morgan fingerprint density at radius 2 is 2.19 bits per heavy atom. The molecule has 1 N–H and O–H groups in total. The van der Waals surface area contributed by atoms with Crippen LogP contribution in [-0.4, -0.2) is 29.3 Å². The smallest absolute Gasteiger partial charge is 0.245 e. The van der Waals surface area contributed by atoms with E-state index in [-0.39, 0.29) is 11.8 Å². The first kappa shape index (κ1) is 16.3. The molecule has 1 aliphatic heterocycles. The van der Waals surface area contributed by atoms with Gasteiger partial charge in [-0.05, 0) is 24.1 Å². The van der Waals surface area contributed by atoms with E-state index in [4.69, 9.17) is 11.6 Å². The highest BCUT2D eigenvalue weighted by atomic mass is 79.9. The Morgan fingerprint density at radius 1 is 1.43 bits per heavy atom. The van der Waals surface area contributed by atoms with E-state index in [1.807, 2.05) is 25.1 Å². The van der Waals surface area contributed by atoms with Gasteiger partial charge in [-0.15, -0.1) is 0 Å². The van der Waals surface area contributed by atoms with Gasteiger partial charge in [0.05, 0.1) is 0 Å². The lowest BCUT2D eigenvalue weighted by Gasteiger charge is -2.24. The standard InChI is InChI=1S/C15H18BrClN2O2/c1-2-3-13-15(21)19(7-6-14(20)18-13)9-10-4-5-11(16)8-12(10)17/h4-5,8,13H,2-3,6-7,9H2,1H3,(H,18,20). The van der Waals surface area contributed by atoms with E-state index < -0.39 is 6.04 Å². The number of nitrogens with one attached hydrogen (secondary N) is 1. The highest BCUT2D eigenvalue weighted by molar-refractivity contribution is 9.10. The van der Waals surface area contributed by atoms with Gasteiger partial charge >= 0.3 is 0 Å². The second-order valence-electron chi connectivity index (χ2n) is 5.15. The highest BCUT2D eigenvalue weighted by Crippen LogP contribution is 2.23. The lowest BCUT2D eigenvalue weighted by atomic mass is 10.1. The maximum atomic E-state index is 12.5. The van der Waals surface area contributed by atoms with Crippen molar-refractivity contribution in [2.75, 3.05) is 6.54 Å². The summed E-state index contributed by atoms with van der Waals surface area (Å²) in [6.45, 7) is 2.86. The summed E-state index contributed by atoms with van der Waals surface area (Å²) in [4.78, 5) is 25.9. The molecule has 1 heterocycles. The van der Waals surface area contributed by atoms with Crippen LogP contribution in [-0.2, 0) is 16.1 Å². The summed E-state index contributed by atoms with van der Waals surface area (Å²) in [5, 5.41) is 3.42. The van der Waals surface area contributed by atoms with Gasteiger partial charge in [-0.25, -0.2) is 0 Å². The van der Waals surface area contributed by atoms with Gasteiger partial charge in [0.1, 0.15) is 6.04 Å². The van der Waals surface area contributed by atoms with Crippen LogP contribution < -0.4 is 5.32 Å². The van der Waals surface area contributed by atoms with E-state index >= 15 is 0 Å². The summed E-state index contributed by atoms with van der Waals surface area (Å²) in [6.07, 6.45) is 1.85. The normalized spacial score (nSPS) is 19.4. The number of nitrogens with zero attached hydrogens (tertiary/aromatic N) is 1. The number of amides is 2. The van der Waals surface area contributed by atoms with Crippen LogP contribution in [0.5, 0.6) is 0 Å². The third-order valence-electron chi connectivity index (χ3n) is 3.51. The molecular formula is C15H18BrClN2O2. The molecule has 6 heteroatoms. The number of halogens is 2. The van der Waals surface area contributed by atoms with Gasteiger partial charge in [-0.1, -0.05) is 46.9 Å². The van der Waals surface area contributed by atoms with Crippen LogP contribution in [0.25, 0.3) is 0 Å². The molecule has 1 aromatic rings. The Labute approximate surface area is 138 Å². The third-order valence-corrected chi connectivity index (χ3v) is 4.35. The summed E-state index contributed by atoms with van der Waals surface area (Å²) < 4.78 is 0.902. The molecule has 1 saturated heterocycles. The van der Waals surface area contributed by atoms with Crippen molar-refractivity contribution >= 4 is 39.3 Å². The fraction of sp³-hybridized carbons (Fsp3) is 0.467. The fourth-order valence-corrected chi connectivity index (χ4v) is 3.13. The molecule has 0 radical (unpaired) electrons. The number of carbonyl (C=O) groups excluding carboxylic acids is 2. The number of carbonyl (C=O) groups is 2. The van der Waals surface area contributed by atoms with Crippen molar-refractivity contribution in [3.8, 4) is 0 Å². The molecule has 1 fully saturated rings. The molecule has 114 valence electrons. The van der Waals surface area contributed by atoms with E-state index in [2.05, 4.69) is 21.2 Å². The second kappa shape index (κ2) is 7.27. The molecule has 1 aliphatic rings. The molecule has 0 aromatic heterocycles. The van der Waals surface area contributed by atoms with E-state index in [9.17, 15) is 9.59 Å². The SMILES string of the molecule is CCCC1NC(=O)CCN(Cc2ccc(Br)cc2Cl)C1=O. The molecule has 1 unspecified atom stereocenters. The predicted molar refractivity (Wildman–Crippen MR) is 86.0 cm³/mol. The maximum Gasteiger partial charge on any atom is 0.245 e. The zero-order valence-electron chi connectivity index (χ0n) is 11.9. The number of hydrogen-bond donors (Lipinski definition) is 1. The Bertz CT molecular complexity index is 550. The number of benzene rings is 1. The lowest BCUT2D eigenvalue weighted by Crippen LogP contribution is -2.44. The van der Waals surface area contributed by atoms with E-state index in [1.54, 1.807) is 4.90 Å². The van der Waals surface area contributed by atoms with Gasteiger partial charge in [0.2, 0.25) is 11.8 Å². The van der Waals surface area contributed by atoms with Crippen molar-refractivity contribution in [2.45, 2.75) is 38.8 Å². The Morgan fingerprint density at radius 3 is 2.86 bits per heavy atom. The zero-order valence-corrected chi connectivity index (χ0v) is 14.2. The van der Waals surface area contributed by atoms with E-state index in [0.29, 0.717) is 31.0 Å². The highest BCUT2D eigenvalue weighted by Gasteiger charge is 2.29. The molecule has 0 saturated carbocycles. The zero-order chi connectivity index (χ0) is 15.4. The van der Waals surface area contributed by atoms with Gasteiger partial charge in [0.25, 0.3) is 0 Å². The van der Waals surface area contributed by atoms with Crippen molar-refractivity contribution in [3.63, 3.8) is 0 Å². The van der Waals surface area contributed by atoms with Gasteiger partial charge in [0, 0.05) is 29.0 Å². The molecular weight excluding hydrogens is 356 g/mol. The van der Waals surface area contributed by atoms with Crippen molar-refractivity contribution in [3.05, 3.63) is 33.3 Å². The minimum Gasteiger partial charge on any atom is -0.344 e. The summed E-state index contributed by atoms with van der Waals surface area (Å²) in [5.41, 5.74) is 0.887. The second-order valence-corrected chi connectivity index (χ2v) is 6.48. The van der Waals surface area contributed by atoms with Crippen LogP contribution in [0.4, 0.5) is 0 Å². The van der Waals surface area contributed by atoms with E-state index in [0.717, 1.165) is 16.5 Å². The van der Waals surface area contributed by atoms with Gasteiger partial charge in [0.15, 0.2) is 0 Å². The van der Waals surface area contributed by atoms with Gasteiger partial charge < -0.3 is 10.2 Å². The molecule has 1 atom stereocenters. The van der Waals surface area contributed by atoms with Crippen molar-refractivity contribution in [1.29, 1.82) is 0 Å². The topological polar surface area (TPSA) is 49.4 Å². The third kappa shape index (κ3) is 4.20. The maximum absolute atomic E-state index is 12.5. The molecule has 0 aliphatic carbocycles. The van der Waals surface area contributed by atoms with Crippen LogP contribution >= 0.6 is 27.5 Å². The summed E-state index contributed by atoms with van der Waals surface area (Å²) in [7, 11) is 0. The van der Waals surface area contributed by atoms with Crippen LogP contribution in [0.15, 0.2) is 22.7 Å². The first-order chi connectivity index (χ1) is 10.0. The molecule has 0 bridgehead atoms. The Balaban J connectivity index is 2.16. The van der Waals surface area contributed by atoms with Crippen molar-refractivity contribution < 1.29 is 9.59 Å². The molecule has 2 amide bonds. The largest absolute Gasteiger partial charge is 0.344 e. The minimum absolute atomic E-state index is 0.0262. The molecule has 21 heavy (non-hydrogen) atoms. The monoisotopic (exact) mass is 372 g/mol. The molecule has 0 spiro atoms. The lowest BCUT2D eigenvalue weighted by molar-refractivity contribution is -0.134. The van der Waals surface area contributed by atoms with Crippen LogP contribution in [0, 0.1) is 0 Å². The Kier molecular flexibility index (Phi) is 5.65. The minimum atomic E-state index is -0.417. The van der Waals surface area contributed by atoms with Gasteiger partial charge in [-0.2, -0.15) is 0 Å². The average Bonchev–Trinajstić information content (AvgIpc) is 2.56. The molecule has 1 aromatic carbocycles. The number of rotatable bonds is 4. The summed E-state index contributed by atoms with van der Waals surface area (Å²) in [5.74, 6) is -0.0899. The van der Waals surface area contributed by atoms with Crippen molar-refractivity contribution in [2.24, 2.45) is 0 Å². The summed E-state index contributed by atoms with van der Waals surface area (Å²) >= 11 is 9.58. The van der Waals surface area contributed by atoms with Gasteiger partial charge in [-0.3, -0.25) is 9.59 Å². The molecule has 2 rings (SSSR count). The van der Waals surface area contributed by atoms with Crippen molar-refractivity contribution in [1.82, 2.24) is 10.2 Å². The van der Waals surface area contributed by atoms with Crippen LogP contribution in [0.3, 0.4) is 0 Å². The van der Waals surface area contributed by atoms with E-state index in [1.165, 1.54) is 0 Å². The molecule has 4 nitrogen and oxygen atoms in total. The number of hydrogen-bond acceptors (Lipinski definition) is 2.